The predicted molar refractivity (Wildman–Crippen MR) is 60.8 cm³/mol. The van der Waals surface area contributed by atoms with Crippen molar-refractivity contribution in [3.05, 3.63) is 12.7 Å². The lowest BCUT2D eigenvalue weighted by Crippen LogP contribution is -2.20. The van der Waals surface area contributed by atoms with Crippen molar-refractivity contribution in [2.45, 2.75) is 24.9 Å². The number of anilines is 1. The Balaban J connectivity index is 2.01. The van der Waals surface area contributed by atoms with Crippen molar-refractivity contribution in [2.75, 3.05) is 5.73 Å². The summed E-state index contributed by atoms with van der Waals surface area (Å²) >= 11 is 0. The summed E-state index contributed by atoms with van der Waals surface area (Å²) in [6.07, 6.45) is -1.35. The number of halogens is 1. The van der Waals surface area contributed by atoms with Crippen molar-refractivity contribution in [1.29, 1.82) is 0 Å². The Morgan fingerprint density at radius 3 is 3.00 bits per heavy atom. The zero-order valence-electron chi connectivity index (χ0n) is 9.60. The molecule has 0 radical (unpaired) electrons. The number of imidazole rings is 1. The van der Waals surface area contributed by atoms with Gasteiger partial charge >= 0.3 is 5.97 Å². The maximum absolute atomic E-state index is 13.9. The van der Waals surface area contributed by atoms with E-state index >= 15 is 0 Å². The molecule has 19 heavy (non-hydrogen) atoms. The van der Waals surface area contributed by atoms with Gasteiger partial charge in [-0.25, -0.2) is 24.1 Å². The topological polar surface area (TPSA) is 116 Å². The Hall–Kier alpha value is -2.29. The van der Waals surface area contributed by atoms with Gasteiger partial charge in [0.25, 0.3) is 0 Å². The van der Waals surface area contributed by atoms with E-state index in [0.29, 0.717) is 11.2 Å². The number of nitrogens with two attached hydrogens (primary N) is 1. The lowest BCUT2D eigenvalue weighted by atomic mass is 10.2. The molecule has 3 atom stereocenters. The summed E-state index contributed by atoms with van der Waals surface area (Å²) in [4.78, 5) is 22.5. The monoisotopic (exact) mass is 267 g/mol. The quantitative estimate of drug-likeness (QED) is 0.793. The summed E-state index contributed by atoms with van der Waals surface area (Å²) in [5.41, 5.74) is 6.26. The van der Waals surface area contributed by atoms with Gasteiger partial charge in [-0.15, -0.1) is 0 Å². The van der Waals surface area contributed by atoms with Crippen LogP contribution in [0, 0.1) is 0 Å². The summed E-state index contributed by atoms with van der Waals surface area (Å²) in [7, 11) is 0. The zero-order valence-corrected chi connectivity index (χ0v) is 9.60. The Bertz CT molecular complexity index is 645. The minimum absolute atomic E-state index is 0.173. The van der Waals surface area contributed by atoms with Crippen molar-refractivity contribution in [3.8, 4) is 0 Å². The first-order chi connectivity index (χ1) is 9.08. The molecule has 0 amide bonds. The second-order valence-corrected chi connectivity index (χ2v) is 4.19. The van der Waals surface area contributed by atoms with E-state index in [0.717, 1.165) is 0 Å². The SMILES string of the molecule is Nc1ncnc2c1ncn2C1OC(C(=O)O)C[C@@H]1F. The molecular weight excluding hydrogens is 257 g/mol. The van der Waals surface area contributed by atoms with Crippen LogP contribution in [-0.4, -0.2) is 42.9 Å². The fraction of sp³-hybridized carbons (Fsp3) is 0.400. The predicted octanol–water partition coefficient (Wildman–Crippen LogP) is 0.119. The molecule has 1 fully saturated rings. The van der Waals surface area contributed by atoms with Crippen LogP contribution >= 0.6 is 0 Å². The third kappa shape index (κ3) is 1.78. The molecule has 0 bridgehead atoms. The highest BCUT2D eigenvalue weighted by Gasteiger charge is 2.41. The number of hydrogen-bond acceptors (Lipinski definition) is 6. The molecule has 8 nitrogen and oxygen atoms in total. The van der Waals surface area contributed by atoms with Crippen LogP contribution in [0.15, 0.2) is 12.7 Å². The van der Waals surface area contributed by atoms with Gasteiger partial charge in [0.1, 0.15) is 18.0 Å². The van der Waals surface area contributed by atoms with E-state index in [1.807, 2.05) is 0 Å². The maximum atomic E-state index is 13.9. The molecule has 0 spiro atoms. The van der Waals surface area contributed by atoms with Gasteiger partial charge < -0.3 is 15.6 Å². The fourth-order valence-corrected chi connectivity index (χ4v) is 2.09. The lowest BCUT2D eigenvalue weighted by molar-refractivity contribution is -0.151. The van der Waals surface area contributed by atoms with E-state index in [-0.39, 0.29) is 12.2 Å². The molecule has 2 unspecified atom stereocenters. The first-order valence-corrected chi connectivity index (χ1v) is 5.53. The molecule has 1 aliphatic rings. The van der Waals surface area contributed by atoms with Gasteiger partial charge in [0.15, 0.2) is 23.8 Å². The molecule has 9 heteroatoms. The highest BCUT2D eigenvalue weighted by Crippen LogP contribution is 2.33. The summed E-state index contributed by atoms with van der Waals surface area (Å²) in [5.74, 6) is -1.02. The highest BCUT2D eigenvalue weighted by atomic mass is 19.1. The molecule has 3 N–H and O–H groups in total. The van der Waals surface area contributed by atoms with E-state index in [1.54, 1.807) is 0 Å². The van der Waals surface area contributed by atoms with Crippen molar-refractivity contribution < 1.29 is 19.0 Å². The van der Waals surface area contributed by atoms with Gasteiger partial charge in [-0.2, -0.15) is 0 Å². The number of carbonyl (C=O) groups is 1. The van der Waals surface area contributed by atoms with Crippen LogP contribution < -0.4 is 5.73 Å². The number of fused-ring (bicyclic) bond motifs is 1. The van der Waals surface area contributed by atoms with Crippen LogP contribution in [0.2, 0.25) is 0 Å². The van der Waals surface area contributed by atoms with Crippen LogP contribution in [0.5, 0.6) is 0 Å². The number of carboxylic acids is 1. The number of aliphatic carboxylic acids is 1. The van der Waals surface area contributed by atoms with Crippen LogP contribution in [0.25, 0.3) is 11.2 Å². The minimum Gasteiger partial charge on any atom is -0.479 e. The van der Waals surface area contributed by atoms with Gasteiger partial charge in [0, 0.05) is 6.42 Å². The second kappa shape index (κ2) is 4.12. The number of rotatable bonds is 2. The van der Waals surface area contributed by atoms with Gasteiger partial charge in [-0.05, 0) is 0 Å². The standard InChI is InChI=1S/C10H10FN5O3/c11-4-1-5(10(17)18)19-9(4)16-3-15-6-7(12)13-2-14-8(6)16/h2-5,9H,1H2,(H,17,18)(H2,12,13,14)/t4-,5?,9?/m0/s1. The fourth-order valence-electron chi connectivity index (χ4n) is 2.09. The van der Waals surface area contributed by atoms with E-state index in [4.69, 9.17) is 15.6 Å². The van der Waals surface area contributed by atoms with Crippen molar-refractivity contribution in [3.63, 3.8) is 0 Å². The minimum atomic E-state index is -1.45. The number of ether oxygens (including phenoxy) is 1. The van der Waals surface area contributed by atoms with Crippen molar-refractivity contribution in [2.24, 2.45) is 0 Å². The zero-order chi connectivity index (χ0) is 13.6. The number of nitrogens with zero attached hydrogens (tertiary/aromatic N) is 4. The maximum Gasteiger partial charge on any atom is 0.333 e. The average molecular weight is 267 g/mol. The first kappa shape index (κ1) is 11.8. The molecule has 0 aromatic carbocycles. The van der Waals surface area contributed by atoms with Crippen molar-refractivity contribution >= 4 is 23.0 Å². The van der Waals surface area contributed by atoms with Crippen LogP contribution in [0.4, 0.5) is 10.2 Å². The molecule has 3 heterocycles. The smallest absolute Gasteiger partial charge is 0.333 e. The molecule has 1 saturated heterocycles. The van der Waals surface area contributed by atoms with Crippen LogP contribution in [-0.2, 0) is 9.53 Å². The summed E-state index contributed by atoms with van der Waals surface area (Å²) in [6, 6.07) is 0. The molecule has 0 saturated carbocycles. The second-order valence-electron chi connectivity index (χ2n) is 4.19. The average Bonchev–Trinajstić information content (AvgIpc) is 2.93. The molecule has 100 valence electrons. The summed E-state index contributed by atoms with van der Waals surface area (Å²) in [6.45, 7) is 0. The highest BCUT2D eigenvalue weighted by molar-refractivity contribution is 5.81. The molecule has 3 rings (SSSR count). The normalized spacial score (nSPS) is 26.9. The molecule has 1 aliphatic heterocycles. The third-order valence-electron chi connectivity index (χ3n) is 2.99. The van der Waals surface area contributed by atoms with E-state index in [1.165, 1.54) is 17.2 Å². The first-order valence-electron chi connectivity index (χ1n) is 5.53. The van der Waals surface area contributed by atoms with Gasteiger partial charge in [0.2, 0.25) is 0 Å². The number of carboxylic acid groups (broad SMARTS) is 1. The Kier molecular flexibility index (Phi) is 2.56. The van der Waals surface area contributed by atoms with Gasteiger partial charge in [0.05, 0.1) is 6.33 Å². The number of hydrogen-bond donors (Lipinski definition) is 2. The van der Waals surface area contributed by atoms with Crippen LogP contribution in [0.3, 0.4) is 0 Å². The van der Waals surface area contributed by atoms with Gasteiger partial charge in [-0.1, -0.05) is 0 Å². The summed E-state index contributed by atoms with van der Waals surface area (Å²) in [5, 5.41) is 8.84. The summed E-state index contributed by atoms with van der Waals surface area (Å²) < 4.78 is 20.4. The van der Waals surface area contributed by atoms with E-state index < -0.39 is 24.5 Å². The Morgan fingerprint density at radius 1 is 1.53 bits per heavy atom. The van der Waals surface area contributed by atoms with Gasteiger partial charge in [-0.3, -0.25) is 4.57 Å². The Morgan fingerprint density at radius 2 is 2.32 bits per heavy atom. The van der Waals surface area contributed by atoms with E-state index in [2.05, 4.69) is 15.0 Å². The Labute approximate surface area is 106 Å². The molecule has 2 aromatic rings. The number of alkyl halides is 1. The van der Waals surface area contributed by atoms with Crippen molar-refractivity contribution in [1.82, 2.24) is 19.5 Å². The molecule has 0 aliphatic carbocycles. The number of aromatic nitrogens is 4. The molecular formula is C10H10FN5O3. The number of nitrogen functional groups attached to an aromatic ring is 1. The molecule has 2 aromatic heterocycles. The largest absolute Gasteiger partial charge is 0.479 e. The van der Waals surface area contributed by atoms with Crippen LogP contribution in [0.1, 0.15) is 12.6 Å². The third-order valence-corrected chi connectivity index (χ3v) is 2.99. The van der Waals surface area contributed by atoms with E-state index in [9.17, 15) is 9.18 Å². The lowest BCUT2D eigenvalue weighted by Gasteiger charge is -2.14.